The number of hydrogen-bond acceptors (Lipinski definition) is 3. The van der Waals surface area contributed by atoms with Crippen molar-refractivity contribution in [3.05, 3.63) is 29.8 Å². The smallest absolute Gasteiger partial charge is 0.233 e. The number of carbonyl (C=O) groups excluding carboxylic acids is 1. The molecule has 3 unspecified atom stereocenters. The van der Waals surface area contributed by atoms with Crippen LogP contribution in [0, 0.1) is 0 Å². The van der Waals surface area contributed by atoms with Gasteiger partial charge in [-0.25, -0.2) is 0 Å². The van der Waals surface area contributed by atoms with Gasteiger partial charge in [-0.3, -0.25) is 4.79 Å². The van der Waals surface area contributed by atoms with Gasteiger partial charge in [-0.1, -0.05) is 25.5 Å². The Morgan fingerprint density at radius 3 is 2.65 bits per heavy atom. The van der Waals surface area contributed by atoms with Gasteiger partial charge < -0.3 is 10.4 Å². The summed E-state index contributed by atoms with van der Waals surface area (Å²) in [5, 5.41) is 12.5. The first kappa shape index (κ1) is 17.1. The topological polar surface area (TPSA) is 49.3 Å². The van der Waals surface area contributed by atoms with E-state index in [-0.39, 0.29) is 17.2 Å². The highest BCUT2D eigenvalue weighted by Crippen LogP contribution is 2.26. The summed E-state index contributed by atoms with van der Waals surface area (Å²) in [4.78, 5) is 13.1. The lowest BCUT2D eigenvalue weighted by Gasteiger charge is -2.17. The summed E-state index contributed by atoms with van der Waals surface area (Å²) < 4.78 is 0. The molecule has 1 rings (SSSR count). The van der Waals surface area contributed by atoms with Gasteiger partial charge in [0.25, 0.3) is 0 Å². The van der Waals surface area contributed by atoms with Crippen molar-refractivity contribution >= 4 is 17.7 Å². The Labute approximate surface area is 126 Å². The number of rotatable bonds is 7. The van der Waals surface area contributed by atoms with E-state index >= 15 is 0 Å². The van der Waals surface area contributed by atoms with E-state index in [1.54, 1.807) is 6.92 Å². The summed E-state index contributed by atoms with van der Waals surface area (Å²) in [5.41, 5.74) is 0.877. The molecule has 0 heterocycles. The molecule has 0 bridgehead atoms. The van der Waals surface area contributed by atoms with Crippen LogP contribution < -0.4 is 5.32 Å². The highest BCUT2D eigenvalue weighted by Gasteiger charge is 2.16. The number of aliphatic hydroxyl groups is 1. The van der Waals surface area contributed by atoms with Gasteiger partial charge in [-0.2, -0.15) is 0 Å². The average molecular weight is 295 g/mol. The molecule has 0 aromatic heterocycles. The van der Waals surface area contributed by atoms with Crippen molar-refractivity contribution in [3.8, 4) is 0 Å². The number of hydrogen-bond donors (Lipinski definition) is 2. The normalized spacial score (nSPS) is 15.4. The molecule has 4 heteroatoms. The lowest BCUT2D eigenvalue weighted by Crippen LogP contribution is -2.37. The van der Waals surface area contributed by atoms with Gasteiger partial charge in [-0.05, 0) is 44.9 Å². The van der Waals surface area contributed by atoms with Gasteiger partial charge in [0.2, 0.25) is 5.91 Å². The predicted molar refractivity (Wildman–Crippen MR) is 84.9 cm³/mol. The maximum atomic E-state index is 12.1. The van der Waals surface area contributed by atoms with E-state index in [1.807, 2.05) is 38.1 Å². The summed E-state index contributed by atoms with van der Waals surface area (Å²) in [5.74, 6) is 0.0680. The zero-order valence-electron chi connectivity index (χ0n) is 12.7. The summed E-state index contributed by atoms with van der Waals surface area (Å²) in [6.07, 6.45) is 1.59. The zero-order chi connectivity index (χ0) is 15.1. The fourth-order valence-electron chi connectivity index (χ4n) is 1.97. The van der Waals surface area contributed by atoms with Crippen LogP contribution in [0.25, 0.3) is 0 Å². The average Bonchev–Trinajstić information content (AvgIpc) is 2.39. The minimum atomic E-state index is -0.482. The molecule has 0 saturated heterocycles. The first-order chi connectivity index (χ1) is 9.43. The molecule has 0 aliphatic carbocycles. The van der Waals surface area contributed by atoms with Crippen LogP contribution in [0.15, 0.2) is 29.2 Å². The third-order valence-corrected chi connectivity index (χ3v) is 4.23. The Morgan fingerprint density at radius 2 is 2.05 bits per heavy atom. The minimum Gasteiger partial charge on any atom is -0.389 e. The Hall–Kier alpha value is -1.00. The van der Waals surface area contributed by atoms with Crippen LogP contribution in [0.5, 0.6) is 0 Å². The van der Waals surface area contributed by atoms with Crippen LogP contribution >= 0.6 is 11.8 Å². The van der Waals surface area contributed by atoms with Crippen molar-refractivity contribution in [1.82, 2.24) is 5.32 Å². The highest BCUT2D eigenvalue weighted by atomic mass is 32.2. The van der Waals surface area contributed by atoms with Gasteiger partial charge in [0, 0.05) is 10.9 Å². The number of benzene rings is 1. The first-order valence-corrected chi connectivity index (χ1v) is 8.07. The first-order valence-electron chi connectivity index (χ1n) is 7.19. The van der Waals surface area contributed by atoms with E-state index in [4.69, 9.17) is 0 Å². The number of thioether (sulfide) groups is 1. The van der Waals surface area contributed by atoms with Gasteiger partial charge in [-0.15, -0.1) is 11.8 Å². The molecule has 3 atom stereocenters. The van der Waals surface area contributed by atoms with E-state index in [0.717, 1.165) is 23.3 Å². The standard InChI is InChI=1S/C16H25NO2S/c1-5-7-11(2)17-16(19)13(4)20-15-9-6-8-14(10-15)12(3)18/h6,8-13,18H,5,7H2,1-4H3,(H,17,19). The second-order valence-electron chi connectivity index (χ2n) is 5.21. The van der Waals surface area contributed by atoms with Crippen molar-refractivity contribution in [2.45, 2.75) is 62.8 Å². The molecule has 20 heavy (non-hydrogen) atoms. The predicted octanol–water partition coefficient (Wildman–Crippen LogP) is 3.53. The molecule has 0 saturated carbocycles. The molecule has 0 spiro atoms. The second kappa shape index (κ2) is 8.32. The second-order valence-corrected chi connectivity index (χ2v) is 6.62. The fraction of sp³-hybridized carbons (Fsp3) is 0.562. The van der Waals surface area contributed by atoms with Gasteiger partial charge in [0.05, 0.1) is 11.4 Å². The number of carbonyl (C=O) groups is 1. The summed E-state index contributed by atoms with van der Waals surface area (Å²) >= 11 is 1.52. The highest BCUT2D eigenvalue weighted by molar-refractivity contribution is 8.00. The largest absolute Gasteiger partial charge is 0.389 e. The molecule has 2 N–H and O–H groups in total. The summed E-state index contributed by atoms with van der Waals surface area (Å²) in [7, 11) is 0. The molecule has 1 amide bonds. The lowest BCUT2D eigenvalue weighted by molar-refractivity contribution is -0.120. The summed E-state index contributed by atoms with van der Waals surface area (Å²) in [6, 6.07) is 7.93. The van der Waals surface area contributed by atoms with E-state index in [1.165, 1.54) is 11.8 Å². The summed E-state index contributed by atoms with van der Waals surface area (Å²) in [6.45, 7) is 7.80. The van der Waals surface area contributed by atoms with Crippen LogP contribution in [0.1, 0.15) is 52.2 Å². The number of nitrogens with one attached hydrogen (secondary N) is 1. The maximum Gasteiger partial charge on any atom is 0.233 e. The maximum absolute atomic E-state index is 12.1. The minimum absolute atomic E-state index is 0.0680. The Morgan fingerprint density at radius 1 is 1.35 bits per heavy atom. The number of amides is 1. The van der Waals surface area contributed by atoms with Crippen molar-refractivity contribution in [2.75, 3.05) is 0 Å². The van der Waals surface area contributed by atoms with Crippen molar-refractivity contribution < 1.29 is 9.90 Å². The lowest BCUT2D eigenvalue weighted by atomic mass is 10.1. The van der Waals surface area contributed by atoms with Crippen molar-refractivity contribution in [3.63, 3.8) is 0 Å². The molecular formula is C16H25NO2S. The number of aliphatic hydroxyl groups excluding tert-OH is 1. The molecule has 0 radical (unpaired) electrons. The van der Waals surface area contributed by atoms with Crippen LogP contribution in [0.2, 0.25) is 0 Å². The Kier molecular flexibility index (Phi) is 7.10. The fourth-order valence-corrected chi connectivity index (χ4v) is 2.92. The molecule has 0 aliphatic heterocycles. The van der Waals surface area contributed by atoms with E-state index in [0.29, 0.717) is 0 Å². The molecule has 112 valence electrons. The van der Waals surface area contributed by atoms with Crippen LogP contribution in [-0.4, -0.2) is 22.3 Å². The zero-order valence-corrected chi connectivity index (χ0v) is 13.5. The molecule has 1 aromatic rings. The molecular weight excluding hydrogens is 270 g/mol. The molecule has 0 aliphatic rings. The van der Waals surface area contributed by atoms with Crippen LogP contribution in [-0.2, 0) is 4.79 Å². The van der Waals surface area contributed by atoms with Crippen LogP contribution in [0.4, 0.5) is 0 Å². The van der Waals surface area contributed by atoms with Gasteiger partial charge in [0.1, 0.15) is 0 Å². The monoisotopic (exact) mass is 295 g/mol. The van der Waals surface area contributed by atoms with E-state index < -0.39 is 6.10 Å². The van der Waals surface area contributed by atoms with E-state index in [2.05, 4.69) is 12.2 Å². The van der Waals surface area contributed by atoms with Gasteiger partial charge in [0.15, 0.2) is 0 Å². The van der Waals surface area contributed by atoms with Gasteiger partial charge >= 0.3 is 0 Å². The molecule has 1 aromatic carbocycles. The quantitative estimate of drug-likeness (QED) is 0.757. The molecule has 3 nitrogen and oxygen atoms in total. The van der Waals surface area contributed by atoms with Crippen molar-refractivity contribution in [1.29, 1.82) is 0 Å². The van der Waals surface area contributed by atoms with Crippen molar-refractivity contribution in [2.24, 2.45) is 0 Å². The SMILES string of the molecule is CCCC(C)NC(=O)C(C)Sc1cccc(C(C)O)c1. The Balaban J connectivity index is 2.59. The third kappa shape index (κ3) is 5.55. The third-order valence-electron chi connectivity index (χ3n) is 3.13. The molecule has 0 fully saturated rings. The van der Waals surface area contributed by atoms with E-state index in [9.17, 15) is 9.90 Å². The Bertz CT molecular complexity index is 434. The van der Waals surface area contributed by atoms with Crippen LogP contribution in [0.3, 0.4) is 0 Å².